The van der Waals surface area contributed by atoms with E-state index in [0.717, 1.165) is 25.9 Å². The van der Waals surface area contributed by atoms with Crippen molar-refractivity contribution < 1.29 is 4.79 Å². The number of aryl methyl sites for hydroxylation is 3. The molecule has 1 aromatic rings. The minimum absolute atomic E-state index is 0. The quantitative estimate of drug-likeness (QED) is 0.927. The third-order valence-corrected chi connectivity index (χ3v) is 5.05. The number of carbonyl (C=O) groups is 1. The second-order valence-corrected chi connectivity index (χ2v) is 6.61. The van der Waals surface area contributed by atoms with Crippen LogP contribution in [-0.2, 0) is 11.2 Å². The number of nitrogens with zero attached hydrogens (tertiary/aromatic N) is 1. The molecule has 22 heavy (non-hydrogen) atoms. The van der Waals surface area contributed by atoms with Gasteiger partial charge in [0.25, 0.3) is 0 Å². The second kappa shape index (κ2) is 7.47. The fraction of sp³-hybridized carbons (Fsp3) is 0.611. The minimum atomic E-state index is 0. The number of fused-ring (bicyclic) bond motifs is 2. The lowest BCUT2D eigenvalue weighted by molar-refractivity contribution is -0.133. The van der Waals surface area contributed by atoms with Gasteiger partial charge in [-0.3, -0.25) is 4.79 Å². The smallest absolute Gasteiger partial charge is 0.223 e. The molecule has 2 aliphatic heterocycles. The van der Waals surface area contributed by atoms with Gasteiger partial charge in [0.15, 0.2) is 0 Å². The normalized spacial score (nSPS) is 23.8. The van der Waals surface area contributed by atoms with E-state index < -0.39 is 0 Å². The largest absolute Gasteiger partial charge is 0.335 e. The zero-order chi connectivity index (χ0) is 14.8. The zero-order valence-electron chi connectivity index (χ0n) is 13.6. The number of hydrogen-bond donors (Lipinski definition) is 1. The Kier molecular flexibility index (Phi) is 5.87. The predicted molar refractivity (Wildman–Crippen MR) is 92.6 cm³/mol. The van der Waals surface area contributed by atoms with Gasteiger partial charge in [-0.1, -0.05) is 23.8 Å². The van der Waals surface area contributed by atoms with Crippen molar-refractivity contribution in [2.75, 3.05) is 13.1 Å². The summed E-state index contributed by atoms with van der Waals surface area (Å²) in [7, 11) is 0. The highest BCUT2D eigenvalue weighted by Crippen LogP contribution is 2.28. The maximum Gasteiger partial charge on any atom is 0.223 e. The topological polar surface area (TPSA) is 32.3 Å². The van der Waals surface area contributed by atoms with E-state index in [1.165, 1.54) is 29.5 Å². The van der Waals surface area contributed by atoms with Crippen molar-refractivity contribution in [3.8, 4) is 0 Å². The number of halogens is 1. The molecule has 2 unspecified atom stereocenters. The van der Waals surface area contributed by atoms with Crippen LogP contribution in [-0.4, -0.2) is 36.0 Å². The Labute approximate surface area is 139 Å². The molecule has 0 radical (unpaired) electrons. The maximum atomic E-state index is 12.7. The Morgan fingerprint density at radius 2 is 2.00 bits per heavy atom. The molecule has 1 amide bonds. The third kappa shape index (κ3) is 3.64. The third-order valence-electron chi connectivity index (χ3n) is 5.05. The highest BCUT2D eigenvalue weighted by atomic mass is 35.5. The Morgan fingerprint density at radius 1 is 1.23 bits per heavy atom. The number of rotatable bonds is 3. The fourth-order valence-corrected chi connectivity index (χ4v) is 3.89. The molecule has 3 rings (SSSR count). The molecular formula is C18H27ClN2O. The number of nitrogens with one attached hydrogen (secondary N) is 1. The van der Waals surface area contributed by atoms with Crippen molar-refractivity contribution in [2.45, 2.75) is 58.0 Å². The lowest BCUT2D eigenvalue weighted by Gasteiger charge is -2.28. The molecule has 0 spiro atoms. The van der Waals surface area contributed by atoms with Crippen LogP contribution in [0.3, 0.4) is 0 Å². The second-order valence-electron chi connectivity index (χ2n) is 6.61. The van der Waals surface area contributed by atoms with E-state index >= 15 is 0 Å². The molecule has 2 saturated heterocycles. The van der Waals surface area contributed by atoms with Crippen LogP contribution in [0.4, 0.5) is 0 Å². The Balaban J connectivity index is 0.00000176. The molecule has 2 bridgehead atoms. The fourth-order valence-electron chi connectivity index (χ4n) is 3.89. The highest BCUT2D eigenvalue weighted by molar-refractivity contribution is 5.85. The van der Waals surface area contributed by atoms with Crippen LogP contribution in [0.5, 0.6) is 0 Å². The van der Waals surface area contributed by atoms with E-state index in [1.54, 1.807) is 0 Å². The first-order valence-electron chi connectivity index (χ1n) is 8.23. The molecule has 2 heterocycles. The molecular weight excluding hydrogens is 296 g/mol. The van der Waals surface area contributed by atoms with Crippen molar-refractivity contribution in [3.05, 3.63) is 34.9 Å². The summed E-state index contributed by atoms with van der Waals surface area (Å²) in [6.07, 6.45) is 5.01. The van der Waals surface area contributed by atoms with Crippen LogP contribution < -0.4 is 5.32 Å². The van der Waals surface area contributed by atoms with E-state index in [0.29, 0.717) is 24.4 Å². The molecule has 0 saturated carbocycles. The highest BCUT2D eigenvalue weighted by Gasteiger charge is 2.37. The summed E-state index contributed by atoms with van der Waals surface area (Å²) in [5.74, 6) is 0.353. The Hall–Kier alpha value is -1.06. The molecule has 2 atom stereocenters. The molecule has 1 N–H and O–H groups in total. The molecule has 2 aliphatic rings. The summed E-state index contributed by atoms with van der Waals surface area (Å²) in [6, 6.07) is 7.45. The van der Waals surface area contributed by atoms with Crippen molar-refractivity contribution in [3.63, 3.8) is 0 Å². The minimum Gasteiger partial charge on any atom is -0.335 e. The van der Waals surface area contributed by atoms with Crippen LogP contribution in [0.1, 0.15) is 42.4 Å². The standard InChI is InChI=1S/C18H26N2O.ClH/c1-13-3-4-15(14(2)11-13)5-8-18(21)20-16-6-7-17(20)12-19-10-9-16;/h3-4,11,16-17,19H,5-10,12H2,1-2H3;1H. The number of hydrogen-bond acceptors (Lipinski definition) is 2. The van der Waals surface area contributed by atoms with Crippen LogP contribution in [0.2, 0.25) is 0 Å². The molecule has 1 aromatic carbocycles. The summed E-state index contributed by atoms with van der Waals surface area (Å²) in [6.45, 7) is 6.30. The first-order chi connectivity index (χ1) is 10.1. The summed E-state index contributed by atoms with van der Waals surface area (Å²) < 4.78 is 0. The number of benzene rings is 1. The monoisotopic (exact) mass is 322 g/mol. The summed E-state index contributed by atoms with van der Waals surface area (Å²) >= 11 is 0. The summed E-state index contributed by atoms with van der Waals surface area (Å²) in [5, 5.41) is 3.46. The van der Waals surface area contributed by atoms with Gasteiger partial charge in [0.1, 0.15) is 0 Å². The Bertz CT molecular complexity index is 518. The van der Waals surface area contributed by atoms with Gasteiger partial charge in [-0.25, -0.2) is 0 Å². The number of amides is 1. The molecule has 3 nitrogen and oxygen atoms in total. The van der Waals surface area contributed by atoms with Gasteiger partial charge in [-0.05, 0) is 57.2 Å². The average molecular weight is 323 g/mol. The first-order valence-corrected chi connectivity index (χ1v) is 8.23. The van der Waals surface area contributed by atoms with Crippen molar-refractivity contribution in [1.82, 2.24) is 10.2 Å². The maximum absolute atomic E-state index is 12.7. The number of carbonyl (C=O) groups excluding carboxylic acids is 1. The van der Waals surface area contributed by atoms with Crippen molar-refractivity contribution in [1.29, 1.82) is 0 Å². The van der Waals surface area contributed by atoms with Gasteiger partial charge in [0.2, 0.25) is 5.91 Å². The van der Waals surface area contributed by atoms with Gasteiger partial charge in [-0.2, -0.15) is 0 Å². The molecule has 2 fully saturated rings. The van der Waals surface area contributed by atoms with Crippen molar-refractivity contribution in [2.24, 2.45) is 0 Å². The van der Waals surface area contributed by atoms with E-state index in [4.69, 9.17) is 0 Å². The van der Waals surface area contributed by atoms with E-state index in [-0.39, 0.29) is 12.4 Å². The lowest BCUT2D eigenvalue weighted by Crippen LogP contribution is -2.42. The SMILES string of the molecule is Cc1ccc(CCC(=O)N2C3CCNCC2CC3)c(C)c1.Cl. The molecule has 122 valence electrons. The van der Waals surface area contributed by atoms with Gasteiger partial charge in [0, 0.05) is 25.0 Å². The van der Waals surface area contributed by atoms with Gasteiger partial charge in [0.05, 0.1) is 0 Å². The summed E-state index contributed by atoms with van der Waals surface area (Å²) in [5.41, 5.74) is 3.91. The van der Waals surface area contributed by atoms with E-state index in [1.807, 2.05) is 0 Å². The van der Waals surface area contributed by atoms with E-state index in [9.17, 15) is 4.79 Å². The van der Waals surface area contributed by atoms with Crippen molar-refractivity contribution >= 4 is 18.3 Å². The van der Waals surface area contributed by atoms with Gasteiger partial charge >= 0.3 is 0 Å². The van der Waals surface area contributed by atoms with E-state index in [2.05, 4.69) is 42.3 Å². The van der Waals surface area contributed by atoms with Crippen LogP contribution in [0, 0.1) is 13.8 Å². The van der Waals surface area contributed by atoms with Gasteiger partial charge in [-0.15, -0.1) is 12.4 Å². The van der Waals surface area contributed by atoms with Crippen LogP contribution >= 0.6 is 12.4 Å². The molecule has 4 heteroatoms. The van der Waals surface area contributed by atoms with Gasteiger partial charge < -0.3 is 10.2 Å². The van der Waals surface area contributed by atoms with Crippen LogP contribution in [0.15, 0.2) is 18.2 Å². The molecule has 0 aromatic heterocycles. The van der Waals surface area contributed by atoms with Crippen LogP contribution in [0.25, 0.3) is 0 Å². The average Bonchev–Trinajstić information content (AvgIpc) is 2.71. The molecule has 0 aliphatic carbocycles. The first kappa shape index (κ1) is 17.3. The lowest BCUT2D eigenvalue weighted by atomic mass is 10.0. The summed E-state index contributed by atoms with van der Waals surface area (Å²) in [4.78, 5) is 14.9. The Morgan fingerprint density at radius 3 is 2.77 bits per heavy atom. The zero-order valence-corrected chi connectivity index (χ0v) is 14.4. The predicted octanol–water partition coefficient (Wildman–Crippen LogP) is 3.01.